The van der Waals surface area contributed by atoms with E-state index in [0.29, 0.717) is 31.3 Å². The molecule has 1 unspecified atom stereocenters. The zero-order valence-electron chi connectivity index (χ0n) is 10.5. The van der Waals surface area contributed by atoms with Crippen LogP contribution in [0.2, 0.25) is 0 Å². The van der Waals surface area contributed by atoms with Crippen LogP contribution in [0.5, 0.6) is 17.2 Å². The fourth-order valence-electron chi connectivity index (χ4n) is 1.79. The van der Waals surface area contributed by atoms with Crippen LogP contribution in [0.15, 0.2) is 18.2 Å². The molecule has 0 spiro atoms. The van der Waals surface area contributed by atoms with E-state index in [-0.39, 0.29) is 11.9 Å². The van der Waals surface area contributed by atoms with E-state index in [1.807, 2.05) is 6.92 Å². The third kappa shape index (κ3) is 3.51. The summed E-state index contributed by atoms with van der Waals surface area (Å²) in [5, 5.41) is 12.7. The molecule has 1 saturated heterocycles. The number of ether oxygens (including phenoxy) is 3. The molecule has 18 heavy (non-hydrogen) atoms. The van der Waals surface area contributed by atoms with Gasteiger partial charge in [-0.2, -0.15) is 0 Å². The summed E-state index contributed by atoms with van der Waals surface area (Å²) in [4.78, 5) is 0. The first-order chi connectivity index (χ1) is 8.79. The minimum Gasteiger partial charge on any atom is -0.508 e. The first-order valence-corrected chi connectivity index (χ1v) is 6.20. The first-order valence-electron chi connectivity index (χ1n) is 6.20. The molecule has 1 aromatic rings. The van der Waals surface area contributed by atoms with Crippen molar-refractivity contribution < 1.29 is 19.3 Å². The Bertz CT molecular complexity index is 377. The van der Waals surface area contributed by atoms with Crippen molar-refractivity contribution in [3.05, 3.63) is 18.2 Å². The second kappa shape index (κ2) is 6.47. The van der Waals surface area contributed by atoms with Gasteiger partial charge in [0.1, 0.15) is 18.5 Å². The van der Waals surface area contributed by atoms with Gasteiger partial charge in [0.25, 0.3) is 0 Å². The normalized spacial score (nSPS) is 19.5. The Morgan fingerprint density at radius 2 is 2.28 bits per heavy atom. The predicted molar refractivity (Wildman–Crippen MR) is 67.4 cm³/mol. The average molecular weight is 253 g/mol. The molecular formula is C13H19NO4. The molecule has 0 aromatic heterocycles. The van der Waals surface area contributed by atoms with Gasteiger partial charge in [0.2, 0.25) is 0 Å². The Hall–Kier alpha value is -1.46. The summed E-state index contributed by atoms with van der Waals surface area (Å²) in [6.07, 6.45) is 0.0574. The highest BCUT2D eigenvalue weighted by Crippen LogP contribution is 2.31. The Labute approximate surface area is 107 Å². The Balaban J connectivity index is 1.94. The van der Waals surface area contributed by atoms with E-state index in [0.717, 1.165) is 13.1 Å². The molecule has 0 radical (unpaired) electrons. The number of hydrogen-bond acceptors (Lipinski definition) is 5. The van der Waals surface area contributed by atoms with Gasteiger partial charge < -0.3 is 24.6 Å². The highest BCUT2D eigenvalue weighted by Gasteiger charge is 2.15. The number of phenolic OH excluding ortho intramolecular Hbond substituents is 1. The van der Waals surface area contributed by atoms with E-state index >= 15 is 0 Å². The van der Waals surface area contributed by atoms with Gasteiger partial charge >= 0.3 is 0 Å². The van der Waals surface area contributed by atoms with E-state index in [1.165, 1.54) is 0 Å². The predicted octanol–water partition coefficient (Wildman–Crippen LogP) is 1.16. The van der Waals surface area contributed by atoms with E-state index in [2.05, 4.69) is 5.32 Å². The SMILES string of the molecule is CCOc1cc(O)ccc1OCC1CNCCO1. The van der Waals surface area contributed by atoms with Gasteiger partial charge in [0.05, 0.1) is 13.2 Å². The van der Waals surface area contributed by atoms with Crippen LogP contribution in [0, 0.1) is 0 Å². The monoisotopic (exact) mass is 253 g/mol. The minimum absolute atomic E-state index is 0.0574. The van der Waals surface area contributed by atoms with Gasteiger partial charge in [-0.1, -0.05) is 0 Å². The number of nitrogens with one attached hydrogen (secondary N) is 1. The molecule has 2 rings (SSSR count). The molecule has 0 bridgehead atoms. The van der Waals surface area contributed by atoms with Gasteiger partial charge in [0.15, 0.2) is 11.5 Å². The fraction of sp³-hybridized carbons (Fsp3) is 0.538. The molecule has 2 N–H and O–H groups in total. The highest BCUT2D eigenvalue weighted by atomic mass is 16.5. The van der Waals surface area contributed by atoms with E-state index in [1.54, 1.807) is 18.2 Å². The number of hydrogen-bond donors (Lipinski definition) is 2. The molecule has 1 aromatic carbocycles. The second-order valence-electron chi connectivity index (χ2n) is 4.07. The van der Waals surface area contributed by atoms with Crippen molar-refractivity contribution in [1.82, 2.24) is 5.32 Å². The lowest BCUT2D eigenvalue weighted by Crippen LogP contribution is -2.41. The Kier molecular flexibility index (Phi) is 4.66. The van der Waals surface area contributed by atoms with E-state index in [9.17, 15) is 5.11 Å². The van der Waals surface area contributed by atoms with Crippen LogP contribution in [-0.4, -0.2) is 44.1 Å². The number of phenols is 1. The van der Waals surface area contributed by atoms with Crippen molar-refractivity contribution >= 4 is 0 Å². The van der Waals surface area contributed by atoms with E-state index < -0.39 is 0 Å². The molecule has 1 fully saturated rings. The van der Waals surface area contributed by atoms with Crippen molar-refractivity contribution in [2.24, 2.45) is 0 Å². The zero-order valence-corrected chi connectivity index (χ0v) is 10.5. The molecule has 0 saturated carbocycles. The van der Waals surface area contributed by atoms with E-state index in [4.69, 9.17) is 14.2 Å². The quantitative estimate of drug-likeness (QED) is 0.824. The maximum absolute atomic E-state index is 9.41. The third-order valence-electron chi connectivity index (χ3n) is 2.66. The summed E-state index contributed by atoms with van der Waals surface area (Å²) in [5.74, 6) is 1.35. The number of morpholine rings is 1. The molecule has 5 nitrogen and oxygen atoms in total. The summed E-state index contributed by atoms with van der Waals surface area (Å²) < 4.78 is 16.6. The van der Waals surface area contributed by atoms with Gasteiger partial charge in [-0.25, -0.2) is 0 Å². The van der Waals surface area contributed by atoms with Crippen LogP contribution < -0.4 is 14.8 Å². The minimum atomic E-state index is 0.0574. The summed E-state index contributed by atoms with van der Waals surface area (Å²) in [6.45, 7) is 5.28. The topological polar surface area (TPSA) is 60.0 Å². The van der Waals surface area contributed by atoms with Crippen LogP contribution in [0.4, 0.5) is 0 Å². The van der Waals surface area contributed by atoms with Crippen LogP contribution in [0.3, 0.4) is 0 Å². The lowest BCUT2D eigenvalue weighted by atomic mass is 10.3. The van der Waals surface area contributed by atoms with Gasteiger partial charge in [-0.05, 0) is 19.1 Å². The molecule has 100 valence electrons. The molecule has 1 heterocycles. The molecular weight excluding hydrogens is 234 g/mol. The maximum Gasteiger partial charge on any atom is 0.164 e. The summed E-state index contributed by atoms with van der Waals surface area (Å²) in [6, 6.07) is 4.84. The van der Waals surface area contributed by atoms with Crippen LogP contribution in [0.25, 0.3) is 0 Å². The Morgan fingerprint density at radius 3 is 3.00 bits per heavy atom. The summed E-state index contributed by atoms with van der Waals surface area (Å²) in [7, 11) is 0. The molecule has 1 atom stereocenters. The molecule has 1 aliphatic heterocycles. The van der Waals surface area contributed by atoms with Crippen molar-refractivity contribution in [3.63, 3.8) is 0 Å². The maximum atomic E-state index is 9.41. The van der Waals surface area contributed by atoms with Gasteiger partial charge in [-0.3, -0.25) is 0 Å². The van der Waals surface area contributed by atoms with Crippen molar-refractivity contribution in [2.45, 2.75) is 13.0 Å². The molecule has 5 heteroatoms. The van der Waals surface area contributed by atoms with Crippen molar-refractivity contribution in [2.75, 3.05) is 32.9 Å². The lowest BCUT2D eigenvalue weighted by Gasteiger charge is -2.24. The summed E-state index contributed by atoms with van der Waals surface area (Å²) in [5.41, 5.74) is 0. The lowest BCUT2D eigenvalue weighted by molar-refractivity contribution is -0.000360. The standard InChI is InChI=1S/C13H19NO4/c1-2-16-13-7-10(15)3-4-12(13)18-9-11-8-14-5-6-17-11/h3-4,7,11,14-15H,2,5-6,8-9H2,1H3. The Morgan fingerprint density at radius 1 is 1.39 bits per heavy atom. The number of rotatable bonds is 5. The fourth-order valence-corrected chi connectivity index (χ4v) is 1.79. The highest BCUT2D eigenvalue weighted by molar-refractivity contribution is 5.45. The first kappa shape index (κ1) is 13.0. The van der Waals surface area contributed by atoms with Gasteiger partial charge in [-0.15, -0.1) is 0 Å². The third-order valence-corrected chi connectivity index (χ3v) is 2.66. The van der Waals surface area contributed by atoms with Crippen LogP contribution >= 0.6 is 0 Å². The number of benzene rings is 1. The van der Waals surface area contributed by atoms with Crippen molar-refractivity contribution in [1.29, 1.82) is 0 Å². The van der Waals surface area contributed by atoms with Crippen molar-refractivity contribution in [3.8, 4) is 17.2 Å². The zero-order chi connectivity index (χ0) is 12.8. The average Bonchev–Trinajstić information content (AvgIpc) is 2.39. The van der Waals surface area contributed by atoms with Crippen LogP contribution in [0.1, 0.15) is 6.92 Å². The number of aromatic hydroxyl groups is 1. The smallest absolute Gasteiger partial charge is 0.164 e. The molecule has 1 aliphatic rings. The molecule has 0 amide bonds. The van der Waals surface area contributed by atoms with Crippen LogP contribution in [-0.2, 0) is 4.74 Å². The summed E-state index contributed by atoms with van der Waals surface area (Å²) >= 11 is 0. The largest absolute Gasteiger partial charge is 0.508 e. The second-order valence-corrected chi connectivity index (χ2v) is 4.07. The molecule has 0 aliphatic carbocycles. The van der Waals surface area contributed by atoms with Gasteiger partial charge in [0, 0.05) is 19.2 Å².